The number of carbonyl (C=O) groups is 1. The molecule has 1 saturated carbocycles. The molecule has 2 aromatic heterocycles. The van der Waals surface area contributed by atoms with Crippen molar-refractivity contribution in [2.24, 2.45) is 0 Å². The van der Waals surface area contributed by atoms with Crippen LogP contribution in [0, 0.1) is 0 Å². The number of hydrogen-bond donors (Lipinski definition) is 4. The molecule has 1 spiro atoms. The van der Waals surface area contributed by atoms with Gasteiger partial charge in [0.2, 0.25) is 0 Å². The number of rotatable bonds is 4. The maximum absolute atomic E-state index is 12.8. The lowest BCUT2D eigenvalue weighted by Crippen LogP contribution is -2.47. The van der Waals surface area contributed by atoms with Gasteiger partial charge in [-0.15, -0.1) is 0 Å². The van der Waals surface area contributed by atoms with Crippen molar-refractivity contribution in [1.29, 1.82) is 0 Å². The fourth-order valence-electron chi connectivity index (χ4n) is 6.36. The van der Waals surface area contributed by atoms with Crippen molar-refractivity contribution < 1.29 is 9.90 Å². The molecule has 36 heavy (non-hydrogen) atoms. The van der Waals surface area contributed by atoms with E-state index in [1.165, 1.54) is 5.56 Å². The molecule has 4 heterocycles. The molecule has 2 aliphatic heterocycles. The summed E-state index contributed by atoms with van der Waals surface area (Å²) in [4.78, 5) is 25.9. The van der Waals surface area contributed by atoms with Crippen molar-refractivity contribution in [1.82, 2.24) is 20.2 Å². The zero-order valence-electron chi connectivity index (χ0n) is 20.4. The Morgan fingerprint density at radius 1 is 1.11 bits per heavy atom. The molecule has 0 atom stereocenters. The molecule has 0 unspecified atom stereocenters. The molecule has 1 saturated heterocycles. The summed E-state index contributed by atoms with van der Waals surface area (Å²) in [5.41, 5.74) is 17.0. The molecule has 186 valence electrons. The smallest absolute Gasteiger partial charge is 0.253 e. The van der Waals surface area contributed by atoms with Crippen LogP contribution in [0.5, 0.6) is 0 Å². The van der Waals surface area contributed by atoms with Crippen molar-refractivity contribution >= 4 is 17.3 Å². The maximum Gasteiger partial charge on any atom is 0.253 e. The zero-order valence-corrected chi connectivity index (χ0v) is 20.4. The number of aryl methyl sites for hydroxylation is 1. The Kier molecular flexibility index (Phi) is 4.91. The zero-order chi connectivity index (χ0) is 24.4. The van der Waals surface area contributed by atoms with E-state index >= 15 is 0 Å². The molecular weight excluding hydrogens is 452 g/mol. The van der Waals surface area contributed by atoms with Crippen LogP contribution in [0.1, 0.15) is 40.0 Å². The van der Waals surface area contributed by atoms with Gasteiger partial charge in [0, 0.05) is 67.7 Å². The van der Waals surface area contributed by atoms with Gasteiger partial charge in [0.05, 0.1) is 34.9 Å². The first-order valence-electron chi connectivity index (χ1n) is 13.1. The van der Waals surface area contributed by atoms with E-state index in [4.69, 9.17) is 10.7 Å². The summed E-state index contributed by atoms with van der Waals surface area (Å²) in [6.45, 7) is 5.32. The molecule has 2 fully saturated rings. The van der Waals surface area contributed by atoms with Gasteiger partial charge in [-0.1, -0.05) is 6.07 Å². The van der Waals surface area contributed by atoms with Crippen LogP contribution in [-0.4, -0.2) is 71.8 Å². The van der Waals surface area contributed by atoms with Crippen LogP contribution in [0.3, 0.4) is 0 Å². The van der Waals surface area contributed by atoms with E-state index in [0.717, 1.165) is 116 Å². The number of nitrogens with two attached hydrogens (primary N) is 1. The Bertz CT molecular complexity index is 1370. The number of nitrogens with one attached hydrogen (secondary N) is 2. The molecule has 8 nitrogen and oxygen atoms in total. The number of nitrogen functional groups attached to an aromatic ring is 1. The molecular formula is C28H32N6O2. The van der Waals surface area contributed by atoms with Crippen LogP contribution in [-0.2, 0) is 18.3 Å². The van der Waals surface area contributed by atoms with E-state index in [2.05, 4.69) is 38.3 Å². The quantitative estimate of drug-likeness (QED) is 0.423. The first kappa shape index (κ1) is 21.9. The van der Waals surface area contributed by atoms with Crippen LogP contribution >= 0.6 is 0 Å². The molecule has 1 amide bonds. The summed E-state index contributed by atoms with van der Waals surface area (Å²) < 4.78 is 0. The highest BCUT2D eigenvalue weighted by atomic mass is 16.3. The normalized spacial score (nSPS) is 20.0. The topological polar surface area (TPSA) is 111 Å². The van der Waals surface area contributed by atoms with Crippen molar-refractivity contribution in [3.8, 4) is 22.5 Å². The van der Waals surface area contributed by atoms with Crippen LogP contribution in [0.25, 0.3) is 22.5 Å². The third-order valence-corrected chi connectivity index (χ3v) is 8.65. The lowest BCUT2D eigenvalue weighted by atomic mass is 9.86. The largest absolute Gasteiger partial charge is 0.397 e. The second-order valence-electron chi connectivity index (χ2n) is 10.7. The minimum absolute atomic E-state index is 0.0679. The Hall–Kier alpha value is -3.36. The van der Waals surface area contributed by atoms with Gasteiger partial charge in [0.1, 0.15) is 0 Å². The van der Waals surface area contributed by atoms with Crippen LogP contribution in [0.15, 0.2) is 30.5 Å². The SMILES string of the molecule is Nc1cc(-c2cc3c(cn2)CCc2c-3[nH]c3c2C(=O)NCC32CC2)ccc1N1CCN(CCO)CC1. The van der Waals surface area contributed by atoms with Gasteiger partial charge in [-0.05, 0) is 55.0 Å². The van der Waals surface area contributed by atoms with Gasteiger partial charge >= 0.3 is 0 Å². The van der Waals surface area contributed by atoms with Gasteiger partial charge in [-0.25, -0.2) is 0 Å². The fourth-order valence-corrected chi connectivity index (χ4v) is 6.36. The number of nitrogens with zero attached hydrogens (tertiary/aromatic N) is 3. The van der Waals surface area contributed by atoms with E-state index in [0.29, 0.717) is 0 Å². The summed E-state index contributed by atoms with van der Waals surface area (Å²) in [6, 6.07) is 8.40. The average molecular weight is 485 g/mol. The first-order chi connectivity index (χ1) is 17.6. The predicted octanol–water partition coefficient (Wildman–Crippen LogP) is 2.31. The Labute approximate surface area is 210 Å². The lowest BCUT2D eigenvalue weighted by molar-refractivity contribution is 0.0936. The predicted molar refractivity (Wildman–Crippen MR) is 140 cm³/mol. The average Bonchev–Trinajstić information content (AvgIpc) is 3.56. The van der Waals surface area contributed by atoms with E-state index in [1.807, 2.05) is 12.3 Å². The highest BCUT2D eigenvalue weighted by molar-refractivity contribution is 6.01. The van der Waals surface area contributed by atoms with Gasteiger partial charge in [0.15, 0.2) is 0 Å². The summed E-state index contributed by atoms with van der Waals surface area (Å²) in [6.07, 6.45) is 6.02. The molecule has 3 aromatic rings. The highest BCUT2D eigenvalue weighted by Gasteiger charge is 2.51. The third kappa shape index (κ3) is 3.35. The van der Waals surface area contributed by atoms with Crippen LogP contribution < -0.4 is 16.0 Å². The third-order valence-electron chi connectivity index (χ3n) is 8.65. The van der Waals surface area contributed by atoms with E-state index in [1.54, 1.807) is 0 Å². The Morgan fingerprint density at radius 2 is 1.94 bits per heavy atom. The number of aliphatic hydroxyl groups excluding tert-OH is 1. The minimum atomic E-state index is 0.0679. The van der Waals surface area contributed by atoms with Gasteiger partial charge in [-0.3, -0.25) is 14.7 Å². The Balaban J connectivity index is 1.21. The number of aromatic nitrogens is 2. The monoisotopic (exact) mass is 484 g/mol. The van der Waals surface area contributed by atoms with Gasteiger partial charge in [-0.2, -0.15) is 0 Å². The standard InChI is InChI=1S/C28H32N6O2/c29-21-13-17(2-4-23(21)34-9-7-33(8-10-34)11-12-35)22-14-20-18(15-30-22)1-3-19-24-26(32-25(19)20)28(5-6-28)16-31-27(24)36/h2,4,13-15,32,35H,1,3,5-12,16,29H2,(H,31,36). The molecule has 7 rings (SSSR count). The number of anilines is 2. The molecule has 0 radical (unpaired) electrons. The van der Waals surface area contributed by atoms with Crippen LogP contribution in [0.2, 0.25) is 0 Å². The number of fused-ring (bicyclic) bond motifs is 6. The van der Waals surface area contributed by atoms with Crippen molar-refractivity contribution in [2.45, 2.75) is 31.1 Å². The molecule has 4 aliphatic rings. The number of aliphatic hydroxyl groups is 1. The molecule has 0 bridgehead atoms. The number of pyridine rings is 1. The second-order valence-corrected chi connectivity index (χ2v) is 10.7. The number of hydrogen-bond acceptors (Lipinski definition) is 6. The van der Waals surface area contributed by atoms with Crippen molar-refractivity contribution in [2.75, 3.05) is 56.5 Å². The van der Waals surface area contributed by atoms with Crippen LogP contribution in [0.4, 0.5) is 11.4 Å². The number of aromatic amines is 1. The second kappa shape index (κ2) is 8.08. The number of piperazine rings is 1. The number of H-pyrrole nitrogens is 1. The number of benzene rings is 1. The van der Waals surface area contributed by atoms with E-state index in [9.17, 15) is 9.90 Å². The molecule has 2 aliphatic carbocycles. The Morgan fingerprint density at radius 3 is 2.69 bits per heavy atom. The number of β-amino-alcohol motifs (C(OH)–C–C–N with tert-alkyl or cyclic N) is 1. The molecule has 8 heteroatoms. The summed E-state index contributed by atoms with van der Waals surface area (Å²) >= 11 is 0. The fraction of sp³-hybridized carbons (Fsp3) is 0.429. The lowest BCUT2D eigenvalue weighted by Gasteiger charge is -2.36. The minimum Gasteiger partial charge on any atom is -0.397 e. The van der Waals surface area contributed by atoms with Crippen molar-refractivity contribution in [3.05, 3.63) is 52.8 Å². The van der Waals surface area contributed by atoms with Gasteiger partial charge in [0.25, 0.3) is 5.91 Å². The maximum atomic E-state index is 12.8. The molecule has 5 N–H and O–H groups in total. The molecule has 1 aromatic carbocycles. The van der Waals surface area contributed by atoms with Gasteiger partial charge < -0.3 is 26.0 Å². The summed E-state index contributed by atoms with van der Waals surface area (Å²) in [7, 11) is 0. The highest BCUT2D eigenvalue weighted by Crippen LogP contribution is 2.52. The number of amides is 1. The summed E-state index contributed by atoms with van der Waals surface area (Å²) in [5, 5.41) is 12.3. The van der Waals surface area contributed by atoms with Crippen molar-refractivity contribution in [3.63, 3.8) is 0 Å². The summed E-state index contributed by atoms with van der Waals surface area (Å²) in [5.74, 6) is 0.0679. The first-order valence-corrected chi connectivity index (χ1v) is 13.1. The van der Waals surface area contributed by atoms with E-state index < -0.39 is 0 Å². The van der Waals surface area contributed by atoms with E-state index in [-0.39, 0.29) is 17.9 Å². The number of carbonyl (C=O) groups excluding carboxylic acids is 1.